The van der Waals surface area contributed by atoms with Crippen LogP contribution in [-0.2, 0) is 9.59 Å². The van der Waals surface area contributed by atoms with Crippen LogP contribution in [0.25, 0.3) is 0 Å². The fraction of sp³-hybridized carbons (Fsp3) is 0.733. The van der Waals surface area contributed by atoms with Gasteiger partial charge in [-0.25, -0.2) is 5.01 Å². The topological polar surface area (TPSA) is 72.9 Å². The van der Waals surface area contributed by atoms with Gasteiger partial charge in [0.25, 0.3) is 0 Å². The number of aliphatic carboxylic acids is 1. The van der Waals surface area contributed by atoms with E-state index < -0.39 is 12.0 Å². The van der Waals surface area contributed by atoms with Crippen molar-refractivity contribution in [3.63, 3.8) is 0 Å². The molecular formula is C15H29Cl2N3O3. The third-order valence-electron chi connectivity index (χ3n) is 3.97. The first-order valence-electron chi connectivity index (χ1n) is 7.50. The van der Waals surface area contributed by atoms with Crippen molar-refractivity contribution in [3.8, 4) is 0 Å². The van der Waals surface area contributed by atoms with Gasteiger partial charge in [0.15, 0.2) is 0 Å². The Morgan fingerprint density at radius 2 is 2.00 bits per heavy atom. The van der Waals surface area contributed by atoms with Crippen LogP contribution in [0.1, 0.15) is 33.1 Å². The zero-order chi connectivity index (χ0) is 16.0. The summed E-state index contributed by atoms with van der Waals surface area (Å²) < 4.78 is 0. The number of amides is 1. The number of halogens is 2. The highest BCUT2D eigenvalue weighted by Crippen LogP contribution is 2.31. The van der Waals surface area contributed by atoms with E-state index in [4.69, 9.17) is 0 Å². The summed E-state index contributed by atoms with van der Waals surface area (Å²) in [5.74, 6) is -1.06. The maximum absolute atomic E-state index is 11.4. The number of rotatable bonds is 8. The lowest BCUT2D eigenvalue weighted by Gasteiger charge is -2.30. The van der Waals surface area contributed by atoms with E-state index in [0.717, 1.165) is 25.9 Å². The lowest BCUT2D eigenvalue weighted by Crippen LogP contribution is -2.52. The molecular weight excluding hydrogens is 341 g/mol. The highest BCUT2D eigenvalue weighted by Gasteiger charge is 2.43. The summed E-state index contributed by atoms with van der Waals surface area (Å²) >= 11 is 0. The molecule has 1 rings (SSSR count). The summed E-state index contributed by atoms with van der Waals surface area (Å²) in [6, 6.07) is -0.704. The molecule has 1 amide bonds. The minimum Gasteiger partial charge on any atom is -0.480 e. The Morgan fingerprint density at radius 1 is 1.39 bits per heavy atom. The van der Waals surface area contributed by atoms with Crippen LogP contribution in [0.15, 0.2) is 12.7 Å². The molecule has 8 heteroatoms. The predicted octanol–water partition coefficient (Wildman–Crippen LogP) is 1.94. The second kappa shape index (κ2) is 11.7. The fourth-order valence-corrected chi connectivity index (χ4v) is 2.98. The molecule has 1 heterocycles. The summed E-state index contributed by atoms with van der Waals surface area (Å²) in [4.78, 5) is 25.0. The Morgan fingerprint density at radius 3 is 2.43 bits per heavy atom. The average molecular weight is 370 g/mol. The van der Waals surface area contributed by atoms with Crippen molar-refractivity contribution in [2.24, 2.45) is 5.92 Å². The van der Waals surface area contributed by atoms with Crippen molar-refractivity contribution in [1.82, 2.24) is 15.3 Å². The van der Waals surface area contributed by atoms with Gasteiger partial charge >= 0.3 is 5.97 Å². The van der Waals surface area contributed by atoms with Gasteiger partial charge in [0.05, 0.1) is 0 Å². The SMILES string of the molecule is C=CC1CC(C(=O)O)N(NC(C)=O)C1CCN(C)CCC.Cl.Cl. The lowest BCUT2D eigenvalue weighted by atomic mass is 9.97. The minimum absolute atomic E-state index is 0. The van der Waals surface area contributed by atoms with Crippen LogP contribution in [0, 0.1) is 5.92 Å². The van der Waals surface area contributed by atoms with Crippen LogP contribution in [0.5, 0.6) is 0 Å². The summed E-state index contributed by atoms with van der Waals surface area (Å²) in [6.07, 6.45) is 4.18. The molecule has 136 valence electrons. The van der Waals surface area contributed by atoms with E-state index in [2.05, 4.69) is 30.9 Å². The molecule has 3 unspecified atom stereocenters. The minimum atomic E-state index is -0.903. The quantitative estimate of drug-likeness (QED) is 0.639. The van der Waals surface area contributed by atoms with Crippen molar-refractivity contribution in [2.45, 2.75) is 45.2 Å². The summed E-state index contributed by atoms with van der Waals surface area (Å²) in [5.41, 5.74) is 2.69. The number of hydrogen-bond acceptors (Lipinski definition) is 4. The molecule has 23 heavy (non-hydrogen) atoms. The number of hydrogen-bond donors (Lipinski definition) is 2. The summed E-state index contributed by atoms with van der Waals surface area (Å²) in [5, 5.41) is 11.0. The number of carbonyl (C=O) groups excluding carboxylic acids is 1. The van der Waals surface area contributed by atoms with E-state index in [1.807, 2.05) is 6.08 Å². The van der Waals surface area contributed by atoms with E-state index in [1.165, 1.54) is 6.92 Å². The average Bonchev–Trinajstić information content (AvgIpc) is 2.74. The highest BCUT2D eigenvalue weighted by molar-refractivity contribution is 5.85. The Labute approximate surface area is 151 Å². The third kappa shape index (κ3) is 7.08. The molecule has 0 aliphatic carbocycles. The van der Waals surface area contributed by atoms with Crippen molar-refractivity contribution >= 4 is 36.7 Å². The van der Waals surface area contributed by atoms with E-state index in [-0.39, 0.29) is 42.7 Å². The van der Waals surface area contributed by atoms with Crippen LogP contribution < -0.4 is 5.43 Å². The standard InChI is InChI=1S/C15H27N3O3.2ClH/c1-5-8-17(4)9-7-13-12(6-2)10-14(15(20)21)18(13)16-11(3)19;;/h6,12-14H,2,5,7-10H2,1,3-4H3,(H,16,19)(H,20,21);2*1H. The van der Waals surface area contributed by atoms with Gasteiger partial charge in [-0.15, -0.1) is 31.4 Å². The first-order valence-corrected chi connectivity index (χ1v) is 7.50. The molecule has 0 saturated carbocycles. The molecule has 6 nitrogen and oxygen atoms in total. The van der Waals surface area contributed by atoms with Gasteiger partial charge in [-0.1, -0.05) is 13.0 Å². The monoisotopic (exact) mass is 369 g/mol. The third-order valence-corrected chi connectivity index (χ3v) is 3.97. The van der Waals surface area contributed by atoms with E-state index in [1.54, 1.807) is 5.01 Å². The van der Waals surface area contributed by atoms with Crippen molar-refractivity contribution in [1.29, 1.82) is 0 Å². The van der Waals surface area contributed by atoms with E-state index in [0.29, 0.717) is 6.42 Å². The molecule has 3 atom stereocenters. The van der Waals surface area contributed by atoms with Gasteiger partial charge in [0.2, 0.25) is 5.91 Å². The van der Waals surface area contributed by atoms with E-state index >= 15 is 0 Å². The number of nitrogens with zero attached hydrogens (tertiary/aromatic N) is 2. The Bertz CT molecular complexity index is 396. The number of carboxylic acid groups (broad SMARTS) is 1. The van der Waals surface area contributed by atoms with Gasteiger partial charge in [-0.05, 0) is 45.3 Å². The molecule has 0 bridgehead atoms. The van der Waals surface area contributed by atoms with Crippen LogP contribution in [0.3, 0.4) is 0 Å². The van der Waals surface area contributed by atoms with E-state index in [9.17, 15) is 14.7 Å². The van der Waals surface area contributed by atoms with Crippen molar-refractivity contribution < 1.29 is 14.7 Å². The summed E-state index contributed by atoms with van der Waals surface area (Å²) in [6.45, 7) is 9.22. The fourth-order valence-electron chi connectivity index (χ4n) is 2.98. The zero-order valence-electron chi connectivity index (χ0n) is 14.0. The molecule has 0 aromatic heterocycles. The molecule has 1 aliphatic heterocycles. The smallest absolute Gasteiger partial charge is 0.322 e. The number of nitrogens with one attached hydrogen (secondary N) is 1. The Hall–Kier alpha value is -0.820. The van der Waals surface area contributed by atoms with Gasteiger partial charge in [-0.2, -0.15) is 0 Å². The first-order chi connectivity index (χ1) is 9.90. The molecule has 0 spiro atoms. The molecule has 0 aromatic rings. The molecule has 0 aromatic carbocycles. The second-order valence-electron chi connectivity index (χ2n) is 5.72. The molecule has 1 fully saturated rings. The second-order valence-corrected chi connectivity index (χ2v) is 5.72. The number of hydrazine groups is 1. The van der Waals surface area contributed by atoms with Gasteiger partial charge in [0, 0.05) is 13.0 Å². The number of carbonyl (C=O) groups is 2. The van der Waals surface area contributed by atoms with Crippen molar-refractivity contribution in [3.05, 3.63) is 12.7 Å². The molecule has 2 N–H and O–H groups in total. The summed E-state index contributed by atoms with van der Waals surface area (Å²) in [7, 11) is 2.05. The Kier molecular flexibility index (Phi) is 12.4. The van der Waals surface area contributed by atoms with Gasteiger partial charge in [-0.3, -0.25) is 15.0 Å². The molecule has 1 saturated heterocycles. The largest absolute Gasteiger partial charge is 0.480 e. The normalized spacial score (nSPS) is 23.7. The maximum Gasteiger partial charge on any atom is 0.322 e. The van der Waals surface area contributed by atoms with Crippen LogP contribution in [0.2, 0.25) is 0 Å². The molecule has 0 radical (unpaired) electrons. The predicted molar refractivity (Wildman–Crippen MR) is 96.1 cm³/mol. The van der Waals surface area contributed by atoms with Gasteiger partial charge < -0.3 is 10.0 Å². The molecule has 1 aliphatic rings. The van der Waals surface area contributed by atoms with Gasteiger partial charge in [0.1, 0.15) is 6.04 Å². The van der Waals surface area contributed by atoms with Crippen LogP contribution in [-0.4, -0.2) is 59.1 Å². The Balaban J connectivity index is 0. The lowest BCUT2D eigenvalue weighted by molar-refractivity contribution is -0.145. The zero-order valence-corrected chi connectivity index (χ0v) is 15.7. The number of carboxylic acids is 1. The van der Waals surface area contributed by atoms with Crippen molar-refractivity contribution in [2.75, 3.05) is 20.1 Å². The first kappa shape index (κ1) is 24.4. The maximum atomic E-state index is 11.4. The van der Waals surface area contributed by atoms with Crippen LogP contribution in [0.4, 0.5) is 0 Å². The van der Waals surface area contributed by atoms with Crippen LogP contribution >= 0.6 is 24.8 Å². The highest BCUT2D eigenvalue weighted by atomic mass is 35.5.